The second-order valence-corrected chi connectivity index (χ2v) is 5.54. The monoisotopic (exact) mass is 319 g/mol. The van der Waals surface area contributed by atoms with E-state index in [0.29, 0.717) is 6.54 Å². The molecule has 0 bridgehead atoms. The van der Waals surface area contributed by atoms with Crippen molar-refractivity contribution in [3.8, 4) is 17.1 Å². The van der Waals surface area contributed by atoms with Crippen LogP contribution in [0.2, 0.25) is 0 Å². The zero-order valence-electron chi connectivity index (χ0n) is 13.5. The number of hydrogen-bond acceptors (Lipinski definition) is 4. The lowest BCUT2D eigenvalue weighted by Gasteiger charge is -2.09. The van der Waals surface area contributed by atoms with Crippen LogP contribution in [-0.2, 0) is 13.6 Å². The standard InChI is InChI=1S/C18H17N5O/c1-22-16(21-15-7-4-8-19-18(15)22)12-23-10-9-20-17(23)13-5-3-6-14(11-13)24-2/h3-11H,12H2,1-2H3. The van der Waals surface area contributed by atoms with Gasteiger partial charge in [0.2, 0.25) is 0 Å². The molecule has 3 heterocycles. The van der Waals surface area contributed by atoms with Gasteiger partial charge in [-0.1, -0.05) is 12.1 Å². The lowest BCUT2D eigenvalue weighted by molar-refractivity contribution is 0.415. The van der Waals surface area contributed by atoms with Crippen LogP contribution in [0.3, 0.4) is 0 Å². The number of rotatable bonds is 4. The summed E-state index contributed by atoms with van der Waals surface area (Å²) in [6, 6.07) is 11.8. The van der Waals surface area contributed by atoms with E-state index >= 15 is 0 Å². The van der Waals surface area contributed by atoms with E-state index in [2.05, 4.69) is 19.5 Å². The first-order chi connectivity index (χ1) is 11.8. The third kappa shape index (κ3) is 2.42. The Morgan fingerprint density at radius 2 is 2.00 bits per heavy atom. The summed E-state index contributed by atoms with van der Waals surface area (Å²) in [6.07, 6.45) is 5.55. The van der Waals surface area contributed by atoms with Gasteiger partial charge in [-0.25, -0.2) is 15.0 Å². The van der Waals surface area contributed by atoms with Gasteiger partial charge < -0.3 is 13.9 Å². The van der Waals surface area contributed by atoms with Crippen LogP contribution in [0, 0.1) is 0 Å². The number of benzene rings is 1. The van der Waals surface area contributed by atoms with Gasteiger partial charge in [0.25, 0.3) is 0 Å². The third-order valence-electron chi connectivity index (χ3n) is 4.08. The van der Waals surface area contributed by atoms with E-state index in [9.17, 15) is 0 Å². The second-order valence-electron chi connectivity index (χ2n) is 5.54. The van der Waals surface area contributed by atoms with E-state index in [0.717, 1.165) is 34.1 Å². The quantitative estimate of drug-likeness (QED) is 0.580. The number of hydrogen-bond donors (Lipinski definition) is 0. The van der Waals surface area contributed by atoms with Gasteiger partial charge in [0, 0.05) is 31.2 Å². The van der Waals surface area contributed by atoms with E-state index in [1.165, 1.54) is 0 Å². The highest BCUT2D eigenvalue weighted by Crippen LogP contribution is 2.23. The lowest BCUT2D eigenvalue weighted by Crippen LogP contribution is -2.07. The molecule has 4 aromatic rings. The number of aromatic nitrogens is 5. The second kappa shape index (κ2) is 5.81. The molecule has 0 N–H and O–H groups in total. The van der Waals surface area contributed by atoms with Crippen LogP contribution in [0.1, 0.15) is 5.82 Å². The van der Waals surface area contributed by atoms with Crippen molar-refractivity contribution in [2.45, 2.75) is 6.54 Å². The average molecular weight is 319 g/mol. The van der Waals surface area contributed by atoms with Crippen molar-refractivity contribution in [3.05, 3.63) is 60.8 Å². The van der Waals surface area contributed by atoms with Crippen LogP contribution in [0.4, 0.5) is 0 Å². The summed E-state index contributed by atoms with van der Waals surface area (Å²) in [7, 11) is 3.65. The molecule has 0 atom stereocenters. The first kappa shape index (κ1) is 14.4. The molecule has 4 rings (SSSR count). The van der Waals surface area contributed by atoms with Crippen LogP contribution in [0.5, 0.6) is 5.75 Å². The molecule has 0 aliphatic rings. The fourth-order valence-corrected chi connectivity index (χ4v) is 2.82. The minimum atomic E-state index is 0.624. The number of pyridine rings is 1. The minimum Gasteiger partial charge on any atom is -0.497 e. The molecular formula is C18H17N5O. The fourth-order valence-electron chi connectivity index (χ4n) is 2.82. The normalized spacial score (nSPS) is 11.1. The maximum Gasteiger partial charge on any atom is 0.159 e. The third-order valence-corrected chi connectivity index (χ3v) is 4.08. The molecule has 0 radical (unpaired) electrons. The SMILES string of the molecule is COc1cccc(-c2nccn2Cc2nc3cccnc3n2C)c1. The molecule has 0 saturated carbocycles. The van der Waals surface area contributed by atoms with E-state index in [1.807, 2.05) is 54.2 Å². The Balaban J connectivity index is 1.73. The average Bonchev–Trinajstić information content (AvgIpc) is 3.21. The number of aryl methyl sites for hydroxylation is 1. The van der Waals surface area contributed by atoms with Crippen molar-refractivity contribution >= 4 is 11.2 Å². The highest BCUT2D eigenvalue weighted by molar-refractivity contribution is 5.71. The molecule has 0 aliphatic heterocycles. The fraction of sp³-hybridized carbons (Fsp3) is 0.167. The predicted octanol–water partition coefficient (Wildman–Crippen LogP) is 2.89. The lowest BCUT2D eigenvalue weighted by atomic mass is 10.2. The maximum absolute atomic E-state index is 5.31. The molecule has 0 amide bonds. The largest absolute Gasteiger partial charge is 0.497 e. The maximum atomic E-state index is 5.31. The van der Waals surface area contributed by atoms with Gasteiger partial charge in [-0.2, -0.15) is 0 Å². The van der Waals surface area contributed by atoms with E-state index in [1.54, 1.807) is 19.5 Å². The summed E-state index contributed by atoms with van der Waals surface area (Å²) in [5.74, 6) is 2.63. The van der Waals surface area contributed by atoms with Crippen LogP contribution in [0.15, 0.2) is 55.0 Å². The van der Waals surface area contributed by atoms with Gasteiger partial charge in [-0.3, -0.25) is 0 Å². The molecule has 120 valence electrons. The van der Waals surface area contributed by atoms with Crippen molar-refractivity contribution in [3.63, 3.8) is 0 Å². The summed E-state index contributed by atoms with van der Waals surface area (Å²) >= 11 is 0. The Bertz CT molecular complexity index is 1000. The Kier molecular flexibility index (Phi) is 3.49. The van der Waals surface area contributed by atoms with E-state index in [-0.39, 0.29) is 0 Å². The predicted molar refractivity (Wildman–Crippen MR) is 91.8 cm³/mol. The molecule has 1 aromatic carbocycles. The molecule has 6 nitrogen and oxygen atoms in total. The first-order valence-corrected chi connectivity index (χ1v) is 7.68. The first-order valence-electron chi connectivity index (χ1n) is 7.68. The highest BCUT2D eigenvalue weighted by Gasteiger charge is 2.12. The number of methoxy groups -OCH3 is 1. The summed E-state index contributed by atoms with van der Waals surface area (Å²) in [5, 5.41) is 0. The van der Waals surface area contributed by atoms with Crippen LogP contribution >= 0.6 is 0 Å². The summed E-state index contributed by atoms with van der Waals surface area (Å²) in [6.45, 7) is 0.624. The Hall–Kier alpha value is -3.15. The number of fused-ring (bicyclic) bond motifs is 1. The molecule has 24 heavy (non-hydrogen) atoms. The Morgan fingerprint density at radius 1 is 1.08 bits per heavy atom. The van der Waals surface area contributed by atoms with Crippen molar-refractivity contribution in [1.29, 1.82) is 0 Å². The smallest absolute Gasteiger partial charge is 0.159 e. The van der Waals surface area contributed by atoms with Gasteiger partial charge in [0.15, 0.2) is 5.65 Å². The Labute approximate surface area is 139 Å². The zero-order chi connectivity index (χ0) is 16.5. The molecule has 6 heteroatoms. The summed E-state index contributed by atoms with van der Waals surface area (Å²) in [4.78, 5) is 13.6. The zero-order valence-corrected chi connectivity index (χ0v) is 13.5. The van der Waals surface area contributed by atoms with Crippen molar-refractivity contribution < 1.29 is 4.74 Å². The minimum absolute atomic E-state index is 0.624. The van der Waals surface area contributed by atoms with Crippen LogP contribution in [0.25, 0.3) is 22.6 Å². The van der Waals surface area contributed by atoms with Gasteiger partial charge in [-0.05, 0) is 24.3 Å². The van der Waals surface area contributed by atoms with Crippen LogP contribution < -0.4 is 4.74 Å². The molecule has 0 fully saturated rings. The van der Waals surface area contributed by atoms with Gasteiger partial charge in [0.1, 0.15) is 22.9 Å². The van der Waals surface area contributed by atoms with Crippen LogP contribution in [-0.4, -0.2) is 31.2 Å². The molecule has 0 aliphatic carbocycles. The highest BCUT2D eigenvalue weighted by atomic mass is 16.5. The van der Waals surface area contributed by atoms with E-state index in [4.69, 9.17) is 4.74 Å². The molecule has 0 saturated heterocycles. The Morgan fingerprint density at radius 3 is 2.83 bits per heavy atom. The van der Waals surface area contributed by atoms with Crippen molar-refractivity contribution in [2.24, 2.45) is 7.05 Å². The van der Waals surface area contributed by atoms with E-state index < -0.39 is 0 Å². The molecule has 0 unspecified atom stereocenters. The summed E-state index contributed by atoms with van der Waals surface area (Å²) in [5.41, 5.74) is 2.80. The number of nitrogens with zero attached hydrogens (tertiary/aromatic N) is 5. The van der Waals surface area contributed by atoms with Crippen molar-refractivity contribution in [2.75, 3.05) is 7.11 Å². The molecular weight excluding hydrogens is 302 g/mol. The van der Waals surface area contributed by atoms with Gasteiger partial charge in [0.05, 0.1) is 13.7 Å². The summed E-state index contributed by atoms with van der Waals surface area (Å²) < 4.78 is 9.41. The van der Waals surface area contributed by atoms with Gasteiger partial charge in [-0.15, -0.1) is 0 Å². The number of ether oxygens (including phenoxy) is 1. The molecule has 0 spiro atoms. The van der Waals surface area contributed by atoms with Crippen molar-refractivity contribution in [1.82, 2.24) is 24.1 Å². The van der Waals surface area contributed by atoms with Gasteiger partial charge >= 0.3 is 0 Å². The topological polar surface area (TPSA) is 57.8 Å². The number of imidazole rings is 2. The molecule has 3 aromatic heterocycles.